The van der Waals surface area contributed by atoms with E-state index in [1.807, 2.05) is 14.1 Å². The molecule has 1 rings (SSSR count). The molecule has 5 heteroatoms. The molecule has 0 unspecified atom stereocenters. The Bertz CT molecular complexity index is 484. The van der Waals surface area contributed by atoms with E-state index < -0.39 is 0 Å². The fourth-order valence-electron chi connectivity index (χ4n) is 2.45. The zero-order chi connectivity index (χ0) is 17.2. The summed E-state index contributed by atoms with van der Waals surface area (Å²) in [5, 5.41) is 6.28. The number of amides is 1. The number of carbonyl (C=O) groups excluding carboxylic acids is 1. The lowest BCUT2D eigenvalue weighted by molar-refractivity contribution is -0.120. The van der Waals surface area contributed by atoms with Gasteiger partial charge in [0.1, 0.15) is 0 Å². The van der Waals surface area contributed by atoms with Crippen LogP contribution in [0.5, 0.6) is 0 Å². The molecule has 130 valence electrons. The van der Waals surface area contributed by atoms with E-state index in [2.05, 4.69) is 59.4 Å². The molecular formula is C18H32N4O. The van der Waals surface area contributed by atoms with Crippen molar-refractivity contribution in [2.24, 2.45) is 0 Å². The van der Waals surface area contributed by atoms with Crippen LogP contribution < -0.4 is 15.5 Å². The lowest BCUT2D eigenvalue weighted by Gasteiger charge is -2.22. The molecule has 0 heterocycles. The lowest BCUT2D eigenvalue weighted by atomic mass is 10.1. The van der Waals surface area contributed by atoms with Gasteiger partial charge >= 0.3 is 0 Å². The first kappa shape index (κ1) is 19.3. The minimum atomic E-state index is 0.0942. The third-order valence-corrected chi connectivity index (χ3v) is 3.89. The smallest absolute Gasteiger partial charge is 0.221 e. The van der Waals surface area contributed by atoms with Gasteiger partial charge < -0.3 is 20.4 Å². The van der Waals surface area contributed by atoms with Crippen molar-refractivity contribution in [3.05, 3.63) is 23.8 Å². The predicted octanol–water partition coefficient (Wildman–Crippen LogP) is 2.32. The third-order valence-electron chi connectivity index (χ3n) is 3.89. The number of anilines is 2. The van der Waals surface area contributed by atoms with Crippen LogP contribution in [-0.2, 0) is 4.79 Å². The number of hydrogen-bond acceptors (Lipinski definition) is 4. The summed E-state index contributed by atoms with van der Waals surface area (Å²) in [4.78, 5) is 16.1. The van der Waals surface area contributed by atoms with Gasteiger partial charge in [-0.3, -0.25) is 4.79 Å². The van der Waals surface area contributed by atoms with Gasteiger partial charge in [0.2, 0.25) is 5.91 Å². The van der Waals surface area contributed by atoms with Crippen LogP contribution in [0, 0.1) is 6.92 Å². The van der Waals surface area contributed by atoms with Crippen LogP contribution in [0.4, 0.5) is 11.4 Å². The minimum Gasteiger partial charge on any atom is -0.384 e. The number of carbonyl (C=O) groups is 1. The van der Waals surface area contributed by atoms with Gasteiger partial charge in [-0.05, 0) is 58.6 Å². The highest BCUT2D eigenvalue weighted by atomic mass is 16.1. The van der Waals surface area contributed by atoms with Gasteiger partial charge in [0.25, 0.3) is 0 Å². The molecule has 0 fully saturated rings. The fourth-order valence-corrected chi connectivity index (χ4v) is 2.45. The molecule has 0 bridgehead atoms. The number of benzene rings is 1. The molecule has 0 spiro atoms. The summed E-state index contributed by atoms with van der Waals surface area (Å²) in [5.41, 5.74) is 3.56. The molecule has 23 heavy (non-hydrogen) atoms. The Labute approximate surface area is 141 Å². The second kappa shape index (κ2) is 10.1. The molecule has 1 aromatic rings. The van der Waals surface area contributed by atoms with Crippen molar-refractivity contribution in [3.8, 4) is 0 Å². The van der Waals surface area contributed by atoms with E-state index in [0.29, 0.717) is 19.5 Å². The lowest BCUT2D eigenvalue weighted by Crippen LogP contribution is -2.32. The first-order valence-corrected chi connectivity index (χ1v) is 8.48. The summed E-state index contributed by atoms with van der Waals surface area (Å²) in [6, 6.07) is 6.44. The maximum atomic E-state index is 11.7. The van der Waals surface area contributed by atoms with E-state index in [9.17, 15) is 4.79 Å². The van der Waals surface area contributed by atoms with Crippen molar-refractivity contribution in [1.82, 2.24) is 10.2 Å². The molecule has 5 nitrogen and oxygen atoms in total. The maximum absolute atomic E-state index is 11.7. The Balaban J connectivity index is 2.42. The van der Waals surface area contributed by atoms with E-state index in [-0.39, 0.29) is 5.91 Å². The molecule has 0 radical (unpaired) electrons. The highest BCUT2D eigenvalue weighted by Crippen LogP contribution is 2.22. The van der Waals surface area contributed by atoms with Crippen molar-refractivity contribution in [2.75, 3.05) is 57.0 Å². The van der Waals surface area contributed by atoms with Crippen LogP contribution >= 0.6 is 0 Å². The van der Waals surface area contributed by atoms with E-state index in [0.717, 1.165) is 25.3 Å². The van der Waals surface area contributed by atoms with Gasteiger partial charge in [-0.2, -0.15) is 0 Å². The van der Waals surface area contributed by atoms with Crippen LogP contribution in [0.15, 0.2) is 18.2 Å². The van der Waals surface area contributed by atoms with Crippen LogP contribution in [0.25, 0.3) is 0 Å². The molecule has 2 N–H and O–H groups in total. The number of rotatable bonds is 10. The maximum Gasteiger partial charge on any atom is 0.221 e. The highest BCUT2D eigenvalue weighted by Gasteiger charge is 2.06. The van der Waals surface area contributed by atoms with Crippen LogP contribution in [0.3, 0.4) is 0 Å². The van der Waals surface area contributed by atoms with E-state index >= 15 is 0 Å². The van der Waals surface area contributed by atoms with Crippen molar-refractivity contribution >= 4 is 17.3 Å². The van der Waals surface area contributed by atoms with Crippen molar-refractivity contribution in [3.63, 3.8) is 0 Å². The van der Waals surface area contributed by atoms with Crippen molar-refractivity contribution < 1.29 is 4.79 Å². The summed E-state index contributed by atoms with van der Waals surface area (Å²) in [5.74, 6) is 0.0942. The Hall–Kier alpha value is -1.75. The second-order valence-electron chi connectivity index (χ2n) is 6.00. The van der Waals surface area contributed by atoms with Gasteiger partial charge in [0.05, 0.1) is 0 Å². The normalized spacial score (nSPS) is 10.7. The quantitative estimate of drug-likeness (QED) is 0.694. The van der Waals surface area contributed by atoms with Crippen LogP contribution in [0.1, 0.15) is 25.8 Å². The Morgan fingerprint density at radius 2 is 1.83 bits per heavy atom. The molecule has 0 aliphatic heterocycles. The van der Waals surface area contributed by atoms with Crippen molar-refractivity contribution in [1.29, 1.82) is 0 Å². The SMILES string of the molecule is CCN(CC)c1ccc(NCCC(=O)NCCN(C)C)c(C)c1. The number of nitrogens with zero attached hydrogens (tertiary/aromatic N) is 2. The molecule has 1 amide bonds. The minimum absolute atomic E-state index is 0.0942. The van der Waals surface area contributed by atoms with Gasteiger partial charge in [0.15, 0.2) is 0 Å². The molecule has 0 atom stereocenters. The molecule has 0 saturated heterocycles. The van der Waals surface area contributed by atoms with Crippen LogP contribution in [0.2, 0.25) is 0 Å². The standard InChI is InChI=1S/C18H32N4O/c1-6-22(7-2)16-8-9-17(15(3)14-16)19-11-10-18(23)20-12-13-21(4)5/h8-9,14,19H,6-7,10-13H2,1-5H3,(H,20,23). The molecular weight excluding hydrogens is 288 g/mol. The monoisotopic (exact) mass is 320 g/mol. The number of hydrogen-bond donors (Lipinski definition) is 2. The number of aryl methyl sites for hydroxylation is 1. The number of nitrogens with one attached hydrogen (secondary N) is 2. The molecule has 1 aromatic carbocycles. The molecule has 0 aliphatic carbocycles. The zero-order valence-corrected chi connectivity index (χ0v) is 15.3. The van der Waals surface area contributed by atoms with E-state index in [1.54, 1.807) is 0 Å². The summed E-state index contributed by atoms with van der Waals surface area (Å²) in [6.07, 6.45) is 0.491. The fraction of sp³-hybridized carbons (Fsp3) is 0.611. The first-order chi connectivity index (χ1) is 11.0. The average Bonchev–Trinajstić information content (AvgIpc) is 2.50. The topological polar surface area (TPSA) is 47.6 Å². The molecule has 0 aliphatic rings. The summed E-state index contributed by atoms with van der Waals surface area (Å²) >= 11 is 0. The van der Waals surface area contributed by atoms with Gasteiger partial charge in [-0.1, -0.05) is 0 Å². The summed E-state index contributed by atoms with van der Waals surface area (Å²) < 4.78 is 0. The Kier molecular flexibility index (Phi) is 8.48. The predicted molar refractivity (Wildman–Crippen MR) is 99.4 cm³/mol. The molecule has 0 aromatic heterocycles. The number of likely N-dealkylation sites (N-methyl/N-ethyl adjacent to an activating group) is 1. The third kappa shape index (κ3) is 6.91. The Morgan fingerprint density at radius 1 is 1.13 bits per heavy atom. The largest absolute Gasteiger partial charge is 0.384 e. The van der Waals surface area contributed by atoms with Gasteiger partial charge in [-0.25, -0.2) is 0 Å². The van der Waals surface area contributed by atoms with Gasteiger partial charge in [0, 0.05) is 50.5 Å². The average molecular weight is 320 g/mol. The Morgan fingerprint density at radius 3 is 2.39 bits per heavy atom. The highest BCUT2D eigenvalue weighted by molar-refractivity contribution is 5.76. The second-order valence-corrected chi connectivity index (χ2v) is 6.00. The van der Waals surface area contributed by atoms with Crippen LogP contribution in [-0.4, -0.2) is 57.6 Å². The van der Waals surface area contributed by atoms with E-state index in [4.69, 9.17) is 0 Å². The summed E-state index contributed by atoms with van der Waals surface area (Å²) in [6.45, 7) is 10.7. The molecule has 0 saturated carbocycles. The first-order valence-electron chi connectivity index (χ1n) is 8.48. The van der Waals surface area contributed by atoms with Crippen molar-refractivity contribution in [2.45, 2.75) is 27.2 Å². The zero-order valence-electron chi connectivity index (χ0n) is 15.3. The summed E-state index contributed by atoms with van der Waals surface area (Å²) in [7, 11) is 4.00. The van der Waals surface area contributed by atoms with Gasteiger partial charge in [-0.15, -0.1) is 0 Å². The van der Waals surface area contributed by atoms with E-state index in [1.165, 1.54) is 11.3 Å².